The summed E-state index contributed by atoms with van der Waals surface area (Å²) in [5.41, 5.74) is -0.543. The van der Waals surface area contributed by atoms with E-state index in [1.807, 2.05) is 0 Å². The van der Waals surface area contributed by atoms with E-state index in [0.717, 1.165) is 17.0 Å². The minimum absolute atomic E-state index is 0.208. The molecule has 0 bridgehead atoms. The molecule has 25 heavy (non-hydrogen) atoms. The fraction of sp³-hybridized carbons (Fsp3) is 0.500. The van der Waals surface area contributed by atoms with Crippen molar-refractivity contribution in [3.8, 4) is 5.75 Å². The van der Waals surface area contributed by atoms with Crippen molar-refractivity contribution in [1.82, 2.24) is 4.90 Å². The Morgan fingerprint density at radius 2 is 1.84 bits per heavy atom. The summed E-state index contributed by atoms with van der Waals surface area (Å²) in [7, 11) is 1.25. The van der Waals surface area contributed by atoms with Crippen LogP contribution in [-0.4, -0.2) is 47.1 Å². The van der Waals surface area contributed by atoms with Gasteiger partial charge in [0.1, 0.15) is 17.4 Å². The molecule has 0 aliphatic rings. The van der Waals surface area contributed by atoms with Crippen LogP contribution in [0, 0.1) is 0 Å². The number of carbonyl (C=O) groups excluding carboxylic acids is 1. The molecule has 1 amide bonds. The Labute approximate surface area is 143 Å². The molecule has 1 rings (SSSR count). The third-order valence-electron chi connectivity index (χ3n) is 3.00. The van der Waals surface area contributed by atoms with E-state index in [2.05, 4.69) is 4.74 Å². The molecule has 9 heteroatoms. The Balaban J connectivity index is 2.93. The van der Waals surface area contributed by atoms with Gasteiger partial charge >= 0.3 is 18.4 Å². The number of amides is 1. The largest absolute Gasteiger partial charge is 0.573 e. The first-order valence-electron chi connectivity index (χ1n) is 7.32. The zero-order valence-electron chi connectivity index (χ0n) is 14.3. The Morgan fingerprint density at radius 3 is 2.32 bits per heavy atom. The van der Waals surface area contributed by atoms with E-state index in [0.29, 0.717) is 0 Å². The normalized spacial score (nSPS) is 13.1. The molecule has 6 nitrogen and oxygen atoms in total. The van der Waals surface area contributed by atoms with E-state index in [9.17, 15) is 27.9 Å². The summed E-state index contributed by atoms with van der Waals surface area (Å²) in [6.07, 6.45) is -5.90. The number of ether oxygens (including phenoxy) is 2. The van der Waals surface area contributed by atoms with Gasteiger partial charge in [-0.3, -0.25) is 4.90 Å². The van der Waals surface area contributed by atoms with Crippen molar-refractivity contribution < 1.29 is 37.3 Å². The number of alkyl halides is 3. The number of nitrogens with zero attached hydrogens (tertiary/aromatic N) is 1. The number of carboxylic acid groups (broad SMARTS) is 1. The summed E-state index contributed by atoms with van der Waals surface area (Å²) < 4.78 is 45.7. The predicted octanol–water partition coefficient (Wildman–Crippen LogP) is 3.45. The molecule has 140 valence electrons. The van der Waals surface area contributed by atoms with Crippen molar-refractivity contribution in [3.05, 3.63) is 29.8 Å². The van der Waals surface area contributed by atoms with Gasteiger partial charge in [-0.05, 0) is 38.5 Å². The van der Waals surface area contributed by atoms with Gasteiger partial charge in [0, 0.05) is 13.5 Å². The minimum atomic E-state index is -4.85. The highest BCUT2D eigenvalue weighted by Gasteiger charge is 2.32. The number of aliphatic carboxylic acids is 1. The molecule has 0 saturated heterocycles. The molecule has 1 aromatic rings. The number of rotatable bonds is 5. The van der Waals surface area contributed by atoms with E-state index < -0.39 is 35.8 Å². The fourth-order valence-electron chi connectivity index (χ4n) is 1.94. The van der Waals surface area contributed by atoms with Crippen molar-refractivity contribution in [1.29, 1.82) is 0 Å². The molecule has 0 fully saturated rings. The van der Waals surface area contributed by atoms with Crippen LogP contribution in [0.15, 0.2) is 24.3 Å². The van der Waals surface area contributed by atoms with Crippen LogP contribution >= 0.6 is 0 Å². The summed E-state index contributed by atoms with van der Waals surface area (Å²) in [5.74, 6) is -1.77. The van der Waals surface area contributed by atoms with Crippen LogP contribution in [0.2, 0.25) is 0 Å². The van der Waals surface area contributed by atoms with Crippen molar-refractivity contribution in [2.45, 2.75) is 45.2 Å². The van der Waals surface area contributed by atoms with Gasteiger partial charge in [0.25, 0.3) is 0 Å². The highest BCUT2D eigenvalue weighted by molar-refractivity contribution is 5.80. The summed E-state index contributed by atoms with van der Waals surface area (Å²) in [4.78, 5) is 24.4. The predicted molar refractivity (Wildman–Crippen MR) is 82.2 cm³/mol. The molecule has 0 saturated carbocycles. The third-order valence-corrected chi connectivity index (χ3v) is 3.00. The molecule has 1 N–H and O–H groups in total. The number of hydrogen-bond acceptors (Lipinski definition) is 4. The Hall–Kier alpha value is -2.45. The summed E-state index contributed by atoms with van der Waals surface area (Å²) >= 11 is 0. The molecule has 0 aromatic heterocycles. The second-order valence-corrected chi connectivity index (χ2v) is 6.34. The van der Waals surface area contributed by atoms with Crippen LogP contribution in [0.25, 0.3) is 0 Å². The highest BCUT2D eigenvalue weighted by atomic mass is 19.4. The second kappa shape index (κ2) is 7.62. The summed E-state index contributed by atoms with van der Waals surface area (Å²) in [6.45, 7) is 4.89. The zero-order valence-corrected chi connectivity index (χ0v) is 14.3. The van der Waals surface area contributed by atoms with Crippen molar-refractivity contribution in [3.63, 3.8) is 0 Å². The third kappa shape index (κ3) is 7.32. The number of benzene rings is 1. The van der Waals surface area contributed by atoms with Crippen LogP contribution < -0.4 is 4.74 Å². The Kier molecular flexibility index (Phi) is 6.28. The van der Waals surface area contributed by atoms with Gasteiger partial charge in [0.15, 0.2) is 0 Å². The standard InChI is InChI=1S/C16H20F3NO5/c1-15(2,3)25-14(23)20(4)12(13(21)22)9-10-6-5-7-11(8-10)24-16(17,18)19/h5-8,12H,9H2,1-4H3,(H,21,22)/t12-/m1/s1. The molecular formula is C16H20F3NO5. The average molecular weight is 363 g/mol. The van der Waals surface area contributed by atoms with Crippen LogP contribution in [-0.2, 0) is 16.0 Å². The van der Waals surface area contributed by atoms with Crippen molar-refractivity contribution in [2.24, 2.45) is 0 Å². The maximum absolute atomic E-state index is 12.3. The zero-order chi connectivity index (χ0) is 19.4. The number of halogens is 3. The van der Waals surface area contributed by atoms with Crippen LogP contribution in [0.1, 0.15) is 26.3 Å². The smallest absolute Gasteiger partial charge is 0.480 e. The van der Waals surface area contributed by atoms with Gasteiger partial charge in [-0.1, -0.05) is 12.1 Å². The van der Waals surface area contributed by atoms with Gasteiger partial charge in [-0.15, -0.1) is 13.2 Å². The average Bonchev–Trinajstić information content (AvgIpc) is 2.40. The molecule has 0 radical (unpaired) electrons. The van der Waals surface area contributed by atoms with E-state index >= 15 is 0 Å². The van der Waals surface area contributed by atoms with Crippen LogP contribution in [0.4, 0.5) is 18.0 Å². The van der Waals surface area contributed by atoms with Gasteiger partial charge in [-0.2, -0.15) is 0 Å². The van der Waals surface area contributed by atoms with Gasteiger partial charge in [0.2, 0.25) is 0 Å². The SMILES string of the molecule is CN(C(=O)OC(C)(C)C)[C@H](Cc1cccc(OC(F)(F)F)c1)C(=O)O. The van der Waals surface area contributed by atoms with Gasteiger partial charge < -0.3 is 14.6 Å². The van der Waals surface area contributed by atoms with Crippen molar-refractivity contribution >= 4 is 12.1 Å². The van der Waals surface area contributed by atoms with E-state index in [1.54, 1.807) is 20.8 Å². The molecule has 0 aliphatic heterocycles. The Morgan fingerprint density at radius 1 is 1.24 bits per heavy atom. The lowest BCUT2D eigenvalue weighted by atomic mass is 10.0. The molecule has 0 heterocycles. The minimum Gasteiger partial charge on any atom is -0.480 e. The highest BCUT2D eigenvalue weighted by Crippen LogP contribution is 2.24. The van der Waals surface area contributed by atoms with E-state index in [1.165, 1.54) is 19.2 Å². The molecule has 0 aliphatic carbocycles. The number of likely N-dealkylation sites (N-methyl/N-ethyl adjacent to an activating group) is 1. The van der Waals surface area contributed by atoms with E-state index in [4.69, 9.17) is 4.74 Å². The number of carbonyl (C=O) groups is 2. The monoisotopic (exact) mass is 363 g/mol. The summed E-state index contributed by atoms with van der Waals surface area (Å²) in [6, 6.07) is 3.62. The lowest BCUT2D eigenvalue weighted by Gasteiger charge is -2.28. The maximum Gasteiger partial charge on any atom is 0.573 e. The van der Waals surface area contributed by atoms with E-state index in [-0.39, 0.29) is 12.0 Å². The van der Waals surface area contributed by atoms with Crippen LogP contribution in [0.5, 0.6) is 5.75 Å². The number of carboxylic acids is 1. The lowest BCUT2D eigenvalue weighted by Crippen LogP contribution is -2.46. The van der Waals surface area contributed by atoms with Gasteiger partial charge in [-0.25, -0.2) is 9.59 Å². The molecule has 1 atom stereocenters. The molecule has 1 aromatic carbocycles. The quantitative estimate of drug-likeness (QED) is 0.867. The molecule has 0 spiro atoms. The Bertz CT molecular complexity index is 625. The summed E-state index contributed by atoms with van der Waals surface area (Å²) in [5, 5.41) is 9.35. The number of hydrogen-bond donors (Lipinski definition) is 1. The van der Waals surface area contributed by atoms with Gasteiger partial charge in [0.05, 0.1) is 0 Å². The van der Waals surface area contributed by atoms with Crippen molar-refractivity contribution in [2.75, 3.05) is 7.05 Å². The first-order chi connectivity index (χ1) is 11.3. The van der Waals surface area contributed by atoms with Crippen LogP contribution in [0.3, 0.4) is 0 Å². The topological polar surface area (TPSA) is 76.1 Å². The lowest BCUT2D eigenvalue weighted by molar-refractivity contribution is -0.274. The second-order valence-electron chi connectivity index (χ2n) is 6.34. The fourth-order valence-corrected chi connectivity index (χ4v) is 1.94. The maximum atomic E-state index is 12.3. The molecular weight excluding hydrogens is 343 g/mol. The molecule has 0 unspecified atom stereocenters. The first kappa shape index (κ1) is 20.6. The first-order valence-corrected chi connectivity index (χ1v) is 7.32.